The van der Waals surface area contributed by atoms with Gasteiger partial charge in [-0.1, -0.05) is 41.6 Å². The third-order valence-electron chi connectivity index (χ3n) is 5.44. The molecule has 0 aliphatic carbocycles. The lowest BCUT2D eigenvalue weighted by atomic mass is 9.95. The van der Waals surface area contributed by atoms with E-state index in [0.717, 1.165) is 5.56 Å². The molecule has 10 nitrogen and oxygen atoms in total. The molecule has 0 bridgehead atoms. The Morgan fingerprint density at radius 2 is 1.97 bits per heavy atom. The van der Waals surface area contributed by atoms with Gasteiger partial charge in [-0.25, -0.2) is 9.48 Å². The smallest absolute Gasteiger partial charge is 0.338 e. The largest absolute Gasteiger partial charge is 0.460 e. The summed E-state index contributed by atoms with van der Waals surface area (Å²) >= 11 is 1.48. The van der Waals surface area contributed by atoms with Crippen molar-refractivity contribution >= 4 is 29.4 Å². The number of ether oxygens (including phenoxy) is 2. The van der Waals surface area contributed by atoms with Crippen LogP contribution < -0.4 is 5.32 Å². The SMILES string of the molecule is COCCOC(=O)C1=C(C)Nc2nc(SCc3cccc(C)c3)nn2[C@H]1c1ccc([N+](=O)[O-])cc1. The Bertz CT molecular complexity index is 1270. The maximum Gasteiger partial charge on any atom is 0.338 e. The zero-order chi connectivity index (χ0) is 24.9. The van der Waals surface area contributed by atoms with Crippen LogP contribution in [0.25, 0.3) is 0 Å². The molecule has 0 unspecified atom stereocenters. The Morgan fingerprint density at radius 1 is 1.20 bits per heavy atom. The number of fused-ring (bicyclic) bond motifs is 1. The predicted molar refractivity (Wildman–Crippen MR) is 131 cm³/mol. The number of carbonyl (C=O) groups is 1. The molecule has 0 radical (unpaired) electrons. The molecule has 35 heavy (non-hydrogen) atoms. The van der Waals surface area contributed by atoms with Crippen molar-refractivity contribution in [3.63, 3.8) is 0 Å². The third-order valence-corrected chi connectivity index (χ3v) is 6.35. The monoisotopic (exact) mass is 495 g/mol. The molecular formula is C24H25N5O5S. The van der Waals surface area contributed by atoms with Gasteiger partial charge >= 0.3 is 5.97 Å². The van der Waals surface area contributed by atoms with Gasteiger partial charge in [0.2, 0.25) is 11.1 Å². The van der Waals surface area contributed by atoms with E-state index in [9.17, 15) is 14.9 Å². The average Bonchev–Trinajstić information content (AvgIpc) is 3.24. The molecule has 0 saturated carbocycles. The highest BCUT2D eigenvalue weighted by Gasteiger charge is 2.35. The van der Waals surface area contributed by atoms with Crippen molar-refractivity contribution in [3.05, 3.63) is 86.6 Å². The Balaban J connectivity index is 1.67. The fraction of sp³-hybridized carbons (Fsp3) is 0.292. The van der Waals surface area contributed by atoms with E-state index >= 15 is 0 Å². The number of nitrogens with zero attached hydrogens (tertiary/aromatic N) is 4. The zero-order valence-corrected chi connectivity index (χ0v) is 20.4. The Morgan fingerprint density at radius 3 is 2.66 bits per heavy atom. The number of esters is 1. The van der Waals surface area contributed by atoms with Gasteiger partial charge in [-0.3, -0.25) is 10.1 Å². The quantitative estimate of drug-likeness (QED) is 0.152. The van der Waals surface area contributed by atoms with Crippen molar-refractivity contribution in [2.45, 2.75) is 30.8 Å². The van der Waals surface area contributed by atoms with E-state index in [1.54, 1.807) is 23.7 Å². The topological polar surface area (TPSA) is 121 Å². The minimum absolute atomic E-state index is 0.0409. The van der Waals surface area contributed by atoms with Gasteiger partial charge in [0.05, 0.1) is 17.1 Å². The van der Waals surface area contributed by atoms with Crippen LogP contribution >= 0.6 is 11.8 Å². The van der Waals surface area contributed by atoms with Gasteiger partial charge < -0.3 is 14.8 Å². The van der Waals surface area contributed by atoms with Crippen molar-refractivity contribution in [1.82, 2.24) is 14.8 Å². The van der Waals surface area contributed by atoms with Crippen LogP contribution in [0.1, 0.15) is 29.7 Å². The van der Waals surface area contributed by atoms with E-state index in [1.165, 1.54) is 36.6 Å². The first kappa shape index (κ1) is 24.4. The Labute approximate surface area is 206 Å². The molecule has 3 aromatic rings. The number of nitro benzene ring substituents is 1. The zero-order valence-electron chi connectivity index (χ0n) is 19.6. The summed E-state index contributed by atoms with van der Waals surface area (Å²) in [6.45, 7) is 4.17. The lowest BCUT2D eigenvalue weighted by Gasteiger charge is -2.28. The van der Waals surface area contributed by atoms with Gasteiger partial charge in [0.15, 0.2) is 0 Å². The molecule has 0 amide bonds. The van der Waals surface area contributed by atoms with Crippen molar-refractivity contribution in [2.24, 2.45) is 0 Å². The van der Waals surface area contributed by atoms with Crippen molar-refractivity contribution in [3.8, 4) is 0 Å². The summed E-state index contributed by atoms with van der Waals surface area (Å²) in [6.07, 6.45) is 0. The Kier molecular flexibility index (Phi) is 7.47. The minimum atomic E-state index is -0.664. The molecule has 2 aromatic carbocycles. The van der Waals surface area contributed by atoms with E-state index < -0.39 is 16.9 Å². The van der Waals surface area contributed by atoms with Crippen LogP contribution in [-0.4, -0.2) is 46.0 Å². The summed E-state index contributed by atoms with van der Waals surface area (Å²) in [4.78, 5) is 28.3. The van der Waals surface area contributed by atoms with Crippen LogP contribution in [0.2, 0.25) is 0 Å². The number of allylic oxidation sites excluding steroid dienone is 1. The van der Waals surface area contributed by atoms with Crippen LogP contribution in [0.4, 0.5) is 11.6 Å². The van der Waals surface area contributed by atoms with Crippen LogP contribution in [0.15, 0.2) is 65.0 Å². The van der Waals surface area contributed by atoms with Gasteiger partial charge in [-0.05, 0) is 37.1 Å². The second kappa shape index (κ2) is 10.7. The van der Waals surface area contributed by atoms with Crippen LogP contribution in [0, 0.1) is 17.0 Å². The number of hydrogen-bond acceptors (Lipinski definition) is 9. The highest BCUT2D eigenvalue weighted by molar-refractivity contribution is 7.98. The van der Waals surface area contributed by atoms with Gasteiger partial charge in [0.25, 0.3) is 5.69 Å². The number of rotatable bonds is 9. The second-order valence-electron chi connectivity index (χ2n) is 7.98. The highest BCUT2D eigenvalue weighted by Crippen LogP contribution is 2.37. The van der Waals surface area contributed by atoms with E-state index in [0.29, 0.717) is 33.7 Å². The van der Waals surface area contributed by atoms with Crippen LogP contribution in [0.5, 0.6) is 0 Å². The number of nitro groups is 1. The second-order valence-corrected chi connectivity index (χ2v) is 8.93. The predicted octanol–water partition coefficient (Wildman–Crippen LogP) is 4.27. The number of aryl methyl sites for hydroxylation is 1. The molecule has 1 atom stereocenters. The van der Waals surface area contributed by atoms with E-state index in [4.69, 9.17) is 9.47 Å². The first-order chi connectivity index (χ1) is 16.9. The number of thioether (sulfide) groups is 1. The van der Waals surface area contributed by atoms with Crippen molar-refractivity contribution in [2.75, 3.05) is 25.6 Å². The summed E-state index contributed by atoms with van der Waals surface area (Å²) in [5.74, 6) is 0.641. The number of aromatic nitrogens is 3. The number of non-ortho nitro benzene ring substituents is 1. The number of carbonyl (C=O) groups excluding carboxylic acids is 1. The normalized spacial score (nSPS) is 14.9. The summed E-state index contributed by atoms with van der Waals surface area (Å²) in [5, 5.41) is 19.5. The molecule has 182 valence electrons. The molecule has 1 aliphatic rings. The number of anilines is 1. The maximum absolute atomic E-state index is 13.1. The highest BCUT2D eigenvalue weighted by atomic mass is 32.2. The lowest BCUT2D eigenvalue weighted by molar-refractivity contribution is -0.384. The first-order valence-corrected chi connectivity index (χ1v) is 11.9. The van der Waals surface area contributed by atoms with Crippen LogP contribution in [0.3, 0.4) is 0 Å². The molecule has 0 spiro atoms. The molecule has 0 fully saturated rings. The summed E-state index contributed by atoms with van der Waals surface area (Å²) in [6, 6.07) is 13.6. The van der Waals surface area contributed by atoms with Gasteiger partial charge in [0, 0.05) is 30.7 Å². The summed E-state index contributed by atoms with van der Waals surface area (Å²) in [5.41, 5.74) is 3.86. The van der Waals surface area contributed by atoms with Gasteiger partial charge in [-0.2, -0.15) is 4.98 Å². The summed E-state index contributed by atoms with van der Waals surface area (Å²) < 4.78 is 12.0. The molecule has 1 aromatic heterocycles. The number of benzene rings is 2. The molecule has 11 heteroatoms. The first-order valence-electron chi connectivity index (χ1n) is 10.9. The number of nitrogens with one attached hydrogen (secondary N) is 1. The van der Waals surface area contributed by atoms with E-state index in [1.807, 2.05) is 25.1 Å². The van der Waals surface area contributed by atoms with Crippen molar-refractivity contribution < 1.29 is 19.2 Å². The molecule has 2 heterocycles. The molecule has 1 aliphatic heterocycles. The molecule has 1 N–H and O–H groups in total. The maximum atomic E-state index is 13.1. The lowest BCUT2D eigenvalue weighted by Crippen LogP contribution is -2.30. The molecule has 0 saturated heterocycles. The fourth-order valence-corrected chi connectivity index (χ4v) is 4.56. The van der Waals surface area contributed by atoms with Gasteiger partial charge in [-0.15, -0.1) is 5.10 Å². The summed E-state index contributed by atoms with van der Waals surface area (Å²) in [7, 11) is 1.53. The van der Waals surface area contributed by atoms with E-state index in [2.05, 4.69) is 21.5 Å². The van der Waals surface area contributed by atoms with Crippen LogP contribution in [-0.2, 0) is 20.0 Å². The Hall–Kier alpha value is -3.70. The van der Waals surface area contributed by atoms with Gasteiger partial charge in [0.1, 0.15) is 12.6 Å². The molecule has 4 rings (SSSR count). The standard InChI is InChI=1S/C24H25N5O5S/c1-15-5-4-6-17(13-15)14-35-24-26-23-25-16(2)20(22(30)34-12-11-33-3)21(28(23)27-24)18-7-9-19(10-8-18)29(31)32/h4-10,13,21H,11-12,14H2,1-3H3,(H,25,26,27)/t21-/m0/s1. The molecular weight excluding hydrogens is 470 g/mol. The van der Waals surface area contributed by atoms with E-state index in [-0.39, 0.29) is 18.9 Å². The number of methoxy groups -OCH3 is 1. The number of hydrogen-bond donors (Lipinski definition) is 1. The average molecular weight is 496 g/mol. The third kappa shape index (κ3) is 5.52. The fourth-order valence-electron chi connectivity index (χ4n) is 3.79. The minimum Gasteiger partial charge on any atom is -0.460 e. The van der Waals surface area contributed by atoms with Crippen molar-refractivity contribution in [1.29, 1.82) is 0 Å².